The molecule has 2 aliphatic rings. The lowest BCUT2D eigenvalue weighted by atomic mass is 10.0. The van der Waals surface area contributed by atoms with Crippen molar-refractivity contribution in [2.24, 2.45) is 4.99 Å². The van der Waals surface area contributed by atoms with Crippen molar-refractivity contribution in [2.75, 3.05) is 0 Å². The molecule has 1 fully saturated rings. The van der Waals surface area contributed by atoms with Crippen LogP contribution in [0.5, 0.6) is 0 Å². The minimum Gasteiger partial charge on any atom is -0.477 e. The second-order valence-electron chi connectivity index (χ2n) is 5.50. The van der Waals surface area contributed by atoms with Gasteiger partial charge in [-0.1, -0.05) is 42.1 Å². The van der Waals surface area contributed by atoms with Crippen LogP contribution in [0.15, 0.2) is 46.6 Å². The Morgan fingerprint density at radius 3 is 2.59 bits per heavy atom. The summed E-state index contributed by atoms with van der Waals surface area (Å²) < 4.78 is 0. The molecule has 0 aromatic heterocycles. The molecule has 1 aromatic carbocycles. The van der Waals surface area contributed by atoms with Gasteiger partial charge in [-0.2, -0.15) is 0 Å². The Kier molecular flexibility index (Phi) is 3.78. The van der Waals surface area contributed by atoms with Gasteiger partial charge in [-0.05, 0) is 25.0 Å². The molecule has 1 amide bonds. The number of hydrogen-bond donors (Lipinski definition) is 1. The predicted molar refractivity (Wildman–Crippen MR) is 85.6 cm³/mol. The topological polar surface area (TPSA) is 70.0 Å². The van der Waals surface area contributed by atoms with Gasteiger partial charge in [0.25, 0.3) is 5.91 Å². The van der Waals surface area contributed by atoms with Gasteiger partial charge in [0.15, 0.2) is 6.04 Å². The largest absolute Gasteiger partial charge is 0.477 e. The number of allylic oxidation sites excluding steroid dienone is 1. The van der Waals surface area contributed by atoms with E-state index in [2.05, 4.69) is 4.99 Å². The first-order valence-electron chi connectivity index (χ1n) is 7.00. The van der Waals surface area contributed by atoms with E-state index in [1.807, 2.05) is 30.3 Å². The summed E-state index contributed by atoms with van der Waals surface area (Å²) >= 11 is 1.49. The third kappa shape index (κ3) is 2.43. The smallest absolute Gasteiger partial charge is 0.352 e. The maximum atomic E-state index is 12.2. The number of amides is 1. The zero-order chi connectivity index (χ0) is 15.9. The van der Waals surface area contributed by atoms with E-state index in [1.165, 1.54) is 16.7 Å². The molecule has 1 aromatic rings. The van der Waals surface area contributed by atoms with Crippen LogP contribution in [0.3, 0.4) is 0 Å². The van der Waals surface area contributed by atoms with E-state index in [0.717, 1.165) is 10.6 Å². The first kappa shape index (κ1) is 14.8. The van der Waals surface area contributed by atoms with Gasteiger partial charge < -0.3 is 5.11 Å². The Morgan fingerprint density at radius 1 is 1.32 bits per heavy atom. The van der Waals surface area contributed by atoms with Crippen molar-refractivity contribution in [3.8, 4) is 0 Å². The second kappa shape index (κ2) is 5.61. The number of aliphatic imine (C=N–C) groups is 1. The molecule has 6 heteroatoms. The number of β-lactam (4-membered cyclic amide) rings is 1. The molecule has 1 N–H and O–H groups in total. The van der Waals surface area contributed by atoms with Gasteiger partial charge in [0.2, 0.25) is 0 Å². The second-order valence-corrected chi connectivity index (χ2v) is 6.69. The van der Waals surface area contributed by atoms with Gasteiger partial charge in [0.05, 0.1) is 5.04 Å². The molecule has 22 heavy (non-hydrogen) atoms. The van der Waals surface area contributed by atoms with E-state index >= 15 is 0 Å². The van der Waals surface area contributed by atoms with E-state index in [-0.39, 0.29) is 17.0 Å². The van der Waals surface area contributed by atoms with E-state index in [9.17, 15) is 14.7 Å². The minimum atomic E-state index is -1.07. The fourth-order valence-electron chi connectivity index (χ4n) is 2.66. The molecule has 1 saturated heterocycles. The van der Waals surface area contributed by atoms with Crippen LogP contribution in [-0.2, 0) is 16.0 Å². The lowest BCUT2D eigenvalue weighted by molar-refractivity contribution is -0.147. The molecule has 114 valence electrons. The molecule has 3 rings (SSSR count). The first-order chi connectivity index (χ1) is 10.5. The minimum absolute atomic E-state index is 0.0786. The first-order valence-corrected chi connectivity index (χ1v) is 7.88. The van der Waals surface area contributed by atoms with Crippen LogP contribution in [0.2, 0.25) is 0 Å². The Hall–Kier alpha value is -2.08. The van der Waals surface area contributed by atoms with Gasteiger partial charge in [-0.15, -0.1) is 0 Å². The molecule has 2 atom stereocenters. The number of thioether (sulfide) groups is 1. The molecule has 0 radical (unpaired) electrons. The molecule has 2 unspecified atom stereocenters. The number of fused-ring (bicyclic) bond motifs is 1. The number of carboxylic acids is 1. The fourth-order valence-corrected chi connectivity index (χ4v) is 3.99. The number of aliphatic carboxylic acids is 1. The zero-order valence-electron chi connectivity index (χ0n) is 12.3. The van der Waals surface area contributed by atoms with Crippen LogP contribution in [0, 0.1) is 0 Å². The van der Waals surface area contributed by atoms with Crippen LogP contribution in [0.25, 0.3) is 0 Å². The van der Waals surface area contributed by atoms with Gasteiger partial charge in [-0.3, -0.25) is 14.7 Å². The Bertz CT molecular complexity index is 693. The summed E-state index contributed by atoms with van der Waals surface area (Å²) in [5, 5.41) is 9.99. The van der Waals surface area contributed by atoms with Crippen LogP contribution in [0.1, 0.15) is 19.4 Å². The van der Waals surface area contributed by atoms with E-state index in [1.54, 1.807) is 13.8 Å². The highest BCUT2D eigenvalue weighted by molar-refractivity contribution is 8.14. The van der Waals surface area contributed by atoms with Crippen molar-refractivity contribution in [3.63, 3.8) is 0 Å². The molecular formula is C16H16N2O3S. The molecular weight excluding hydrogens is 300 g/mol. The van der Waals surface area contributed by atoms with Crippen molar-refractivity contribution in [1.82, 2.24) is 4.90 Å². The van der Waals surface area contributed by atoms with Crippen molar-refractivity contribution in [1.29, 1.82) is 0 Å². The number of carbonyl (C=O) groups excluding carboxylic acids is 1. The highest BCUT2D eigenvalue weighted by Crippen LogP contribution is 2.42. The summed E-state index contributed by atoms with van der Waals surface area (Å²) in [5.41, 5.74) is 1.83. The van der Waals surface area contributed by atoms with E-state index in [4.69, 9.17) is 0 Å². The quantitative estimate of drug-likeness (QED) is 0.683. The molecule has 0 spiro atoms. The third-order valence-electron chi connectivity index (χ3n) is 3.67. The molecule has 0 bridgehead atoms. The van der Waals surface area contributed by atoms with Crippen LogP contribution in [-0.4, -0.2) is 38.3 Å². The fraction of sp³-hybridized carbons (Fsp3) is 0.312. The highest BCUT2D eigenvalue weighted by atomic mass is 32.2. The molecule has 0 aliphatic carbocycles. The number of benzene rings is 1. The number of rotatable bonds is 4. The molecule has 5 nitrogen and oxygen atoms in total. The summed E-state index contributed by atoms with van der Waals surface area (Å²) in [6.45, 7) is 3.41. The van der Waals surface area contributed by atoms with Crippen LogP contribution < -0.4 is 0 Å². The Labute approximate surface area is 132 Å². The lowest BCUT2D eigenvalue weighted by Crippen LogP contribution is -2.61. The van der Waals surface area contributed by atoms with Crippen molar-refractivity contribution >= 4 is 28.7 Å². The van der Waals surface area contributed by atoms with Gasteiger partial charge in [0, 0.05) is 6.42 Å². The molecule has 2 aliphatic heterocycles. The number of likely N-dealkylation sites (tertiary alicyclic amines) is 1. The van der Waals surface area contributed by atoms with Crippen LogP contribution >= 0.6 is 11.8 Å². The van der Waals surface area contributed by atoms with Crippen LogP contribution in [0.4, 0.5) is 0 Å². The van der Waals surface area contributed by atoms with Crippen molar-refractivity contribution in [2.45, 2.75) is 31.7 Å². The number of hydrogen-bond acceptors (Lipinski definition) is 4. The average molecular weight is 316 g/mol. The van der Waals surface area contributed by atoms with Gasteiger partial charge >= 0.3 is 5.97 Å². The standard InChI is InChI=1S/C16H16N2O3S/c1-9(2)13(16(20)21)18-14(19)12-15(18)22-11(17-12)8-10-6-4-3-5-7-10/h3-7,12,15H,8H2,1-2H3,(H,20,21). The number of nitrogens with zero attached hydrogens (tertiary/aromatic N) is 2. The Balaban J connectivity index is 1.77. The predicted octanol–water partition coefficient (Wildman–Crippen LogP) is 2.29. The van der Waals surface area contributed by atoms with Crippen molar-refractivity contribution < 1.29 is 14.7 Å². The van der Waals surface area contributed by atoms with E-state index < -0.39 is 12.0 Å². The summed E-state index contributed by atoms with van der Waals surface area (Å²) in [5.74, 6) is -1.29. The van der Waals surface area contributed by atoms with Crippen molar-refractivity contribution in [3.05, 3.63) is 47.2 Å². The summed E-state index contributed by atoms with van der Waals surface area (Å²) in [7, 11) is 0. The third-order valence-corrected chi connectivity index (χ3v) is 4.90. The number of carboxylic acid groups (broad SMARTS) is 1. The zero-order valence-corrected chi connectivity index (χ0v) is 13.1. The van der Waals surface area contributed by atoms with Gasteiger partial charge in [-0.25, -0.2) is 4.79 Å². The summed E-state index contributed by atoms with van der Waals surface area (Å²) in [6.07, 6.45) is 0.677. The normalized spacial score (nSPS) is 22.7. The van der Waals surface area contributed by atoms with E-state index in [0.29, 0.717) is 12.0 Å². The summed E-state index contributed by atoms with van der Waals surface area (Å²) in [4.78, 5) is 29.4. The maximum absolute atomic E-state index is 12.2. The SMILES string of the molecule is CC(C)=C(C(=O)O)N1C(=O)C2N=C(Cc3ccccc3)SC21. The summed E-state index contributed by atoms with van der Waals surface area (Å²) in [6, 6.07) is 9.48. The molecule has 0 saturated carbocycles. The number of carbonyl (C=O) groups is 2. The molecule has 2 heterocycles. The Morgan fingerprint density at radius 2 is 2.00 bits per heavy atom. The lowest BCUT2D eigenvalue weighted by Gasteiger charge is -2.41. The monoisotopic (exact) mass is 316 g/mol. The van der Waals surface area contributed by atoms with Gasteiger partial charge in [0.1, 0.15) is 11.1 Å². The maximum Gasteiger partial charge on any atom is 0.352 e. The highest BCUT2D eigenvalue weighted by Gasteiger charge is 2.54. The average Bonchev–Trinajstić information content (AvgIpc) is 2.84.